The molecule has 4 heterocycles. The lowest BCUT2D eigenvalue weighted by atomic mass is 10.0. The molecule has 11 heteroatoms. The van der Waals surface area contributed by atoms with Crippen LogP contribution in [0.1, 0.15) is 54.8 Å². The second-order valence-electron chi connectivity index (χ2n) is 7.70. The molecule has 168 valence electrons. The average molecular weight is 441 g/mol. The highest BCUT2D eigenvalue weighted by Crippen LogP contribution is 2.30. The van der Waals surface area contributed by atoms with E-state index in [1.165, 1.54) is 18.7 Å². The third kappa shape index (κ3) is 3.93. The zero-order chi connectivity index (χ0) is 22.9. The van der Waals surface area contributed by atoms with Gasteiger partial charge in [0.2, 0.25) is 0 Å². The first kappa shape index (κ1) is 21.5. The molecular weight excluding hydrogens is 417 g/mol. The van der Waals surface area contributed by atoms with E-state index < -0.39 is 17.6 Å². The SMILES string of the molecule is C/C=C1/C(OC)=CC=CN1/N=C/[C@H]1c2nc[nH]c2CCN1C(=O)c1nnc(C(C)(C)F)o1. The summed E-state index contributed by atoms with van der Waals surface area (Å²) in [6, 6.07) is -0.588. The van der Waals surface area contributed by atoms with Crippen LogP contribution in [0.15, 0.2) is 51.7 Å². The molecule has 0 spiro atoms. The molecule has 10 nitrogen and oxygen atoms in total. The number of allylic oxidation sites excluding steroid dienone is 3. The van der Waals surface area contributed by atoms with Crippen molar-refractivity contribution < 1.29 is 18.3 Å². The van der Waals surface area contributed by atoms with Crippen molar-refractivity contribution >= 4 is 12.1 Å². The Hall–Kier alpha value is -3.76. The Morgan fingerprint density at radius 1 is 1.44 bits per heavy atom. The number of imidazole rings is 1. The van der Waals surface area contributed by atoms with Crippen molar-refractivity contribution in [2.75, 3.05) is 13.7 Å². The van der Waals surface area contributed by atoms with E-state index in [1.807, 2.05) is 25.2 Å². The molecule has 2 aromatic heterocycles. The molecule has 0 bridgehead atoms. The number of aromatic amines is 1. The highest BCUT2D eigenvalue weighted by atomic mass is 19.1. The molecular formula is C21H24FN7O3. The summed E-state index contributed by atoms with van der Waals surface area (Å²) >= 11 is 0. The van der Waals surface area contributed by atoms with Gasteiger partial charge in [0, 0.05) is 24.9 Å². The molecule has 2 aliphatic rings. The number of carbonyl (C=O) groups is 1. The first-order valence-electron chi connectivity index (χ1n) is 10.1. The van der Waals surface area contributed by atoms with Crippen molar-refractivity contribution in [3.63, 3.8) is 0 Å². The summed E-state index contributed by atoms with van der Waals surface area (Å²) in [5.74, 6) is -0.384. The number of H-pyrrole nitrogens is 1. The number of aromatic nitrogens is 4. The second-order valence-corrected chi connectivity index (χ2v) is 7.70. The number of nitrogens with zero attached hydrogens (tertiary/aromatic N) is 6. The van der Waals surface area contributed by atoms with Crippen LogP contribution in [0, 0.1) is 0 Å². The quantitative estimate of drug-likeness (QED) is 0.710. The van der Waals surface area contributed by atoms with Crippen LogP contribution >= 0.6 is 0 Å². The van der Waals surface area contributed by atoms with Gasteiger partial charge in [-0.3, -0.25) is 4.79 Å². The van der Waals surface area contributed by atoms with E-state index in [2.05, 4.69) is 25.3 Å². The normalized spacial score (nSPS) is 20.1. The molecule has 1 amide bonds. The molecule has 0 unspecified atom stereocenters. The van der Waals surface area contributed by atoms with Crippen molar-refractivity contribution in [1.82, 2.24) is 30.1 Å². The first-order valence-corrected chi connectivity index (χ1v) is 10.1. The molecule has 2 aromatic rings. The molecule has 1 N–H and O–H groups in total. The number of halogens is 1. The maximum atomic E-state index is 14.1. The number of fused-ring (bicyclic) bond motifs is 1. The van der Waals surface area contributed by atoms with Gasteiger partial charge in [0.15, 0.2) is 5.67 Å². The van der Waals surface area contributed by atoms with Crippen molar-refractivity contribution in [3.05, 3.63) is 65.4 Å². The van der Waals surface area contributed by atoms with E-state index in [0.29, 0.717) is 24.4 Å². The Balaban J connectivity index is 1.64. The molecule has 0 aliphatic carbocycles. The molecule has 0 fully saturated rings. The predicted molar refractivity (Wildman–Crippen MR) is 113 cm³/mol. The van der Waals surface area contributed by atoms with Gasteiger partial charge in [-0.05, 0) is 32.9 Å². The highest BCUT2D eigenvalue weighted by Gasteiger charge is 2.36. The minimum Gasteiger partial charge on any atom is -0.495 e. The number of hydrogen-bond acceptors (Lipinski definition) is 8. The summed E-state index contributed by atoms with van der Waals surface area (Å²) in [5.41, 5.74) is 0.498. The van der Waals surface area contributed by atoms with Crippen LogP contribution in [0.5, 0.6) is 0 Å². The molecule has 1 atom stereocenters. The topological polar surface area (TPSA) is 113 Å². The van der Waals surface area contributed by atoms with Gasteiger partial charge in [-0.2, -0.15) is 5.10 Å². The maximum Gasteiger partial charge on any atom is 0.312 e. The molecule has 0 saturated heterocycles. The number of rotatable bonds is 5. The number of methoxy groups -OCH3 is 1. The van der Waals surface area contributed by atoms with Crippen LogP contribution in [-0.2, 0) is 16.8 Å². The fourth-order valence-corrected chi connectivity index (χ4v) is 3.53. The fourth-order valence-electron chi connectivity index (χ4n) is 3.53. The number of nitrogens with one attached hydrogen (secondary N) is 1. The molecule has 2 aliphatic heterocycles. The zero-order valence-corrected chi connectivity index (χ0v) is 18.2. The van der Waals surface area contributed by atoms with Crippen molar-refractivity contribution in [2.24, 2.45) is 5.10 Å². The fraction of sp³-hybridized carbons (Fsp3) is 0.381. The number of amides is 1. The summed E-state index contributed by atoms with van der Waals surface area (Å²) in [5, 5.41) is 13.7. The van der Waals surface area contributed by atoms with Crippen molar-refractivity contribution in [3.8, 4) is 0 Å². The third-order valence-corrected chi connectivity index (χ3v) is 5.15. The number of hydrogen-bond donors (Lipinski definition) is 1. The summed E-state index contributed by atoms with van der Waals surface area (Å²) in [6.45, 7) is 4.83. The van der Waals surface area contributed by atoms with E-state index in [1.54, 1.807) is 30.9 Å². The molecule has 0 radical (unpaired) electrons. The van der Waals surface area contributed by atoms with Crippen molar-refractivity contribution in [1.29, 1.82) is 0 Å². The Morgan fingerprint density at radius 2 is 2.25 bits per heavy atom. The zero-order valence-electron chi connectivity index (χ0n) is 18.2. The minimum absolute atomic E-state index is 0.251. The van der Waals surface area contributed by atoms with Crippen molar-refractivity contribution in [2.45, 2.75) is 38.9 Å². The summed E-state index contributed by atoms with van der Waals surface area (Å²) in [4.78, 5) is 22.2. The third-order valence-electron chi connectivity index (χ3n) is 5.15. The van der Waals surface area contributed by atoms with E-state index in [0.717, 1.165) is 11.4 Å². The monoisotopic (exact) mass is 441 g/mol. The Kier molecular flexibility index (Phi) is 5.64. The van der Waals surface area contributed by atoms with Crippen LogP contribution in [0.3, 0.4) is 0 Å². The van der Waals surface area contributed by atoms with Gasteiger partial charge >= 0.3 is 11.8 Å². The lowest BCUT2D eigenvalue weighted by molar-refractivity contribution is 0.0661. The number of alkyl halides is 1. The second kappa shape index (κ2) is 8.40. The Bertz CT molecular complexity index is 1120. The van der Waals surface area contributed by atoms with Gasteiger partial charge < -0.3 is 19.0 Å². The number of carbonyl (C=O) groups excluding carboxylic acids is 1. The standard InChI is InChI=1S/C21H24FN7O3/c1-5-14-16(31-4)7-6-9-29(14)25-11-15-17-13(23-12-24-17)8-10-28(15)19(30)18-26-27-20(32-18)21(2,3)22/h5-7,9,11-12,15H,8,10H2,1-4H3,(H,23,24)/b14-5-,25-11+/t15-/m0/s1. The molecule has 32 heavy (non-hydrogen) atoms. The largest absolute Gasteiger partial charge is 0.495 e. The van der Waals surface area contributed by atoms with E-state index >= 15 is 0 Å². The van der Waals surface area contributed by atoms with Gasteiger partial charge in [0.1, 0.15) is 17.5 Å². The van der Waals surface area contributed by atoms with Gasteiger partial charge in [-0.1, -0.05) is 6.08 Å². The minimum atomic E-state index is -1.85. The van der Waals surface area contributed by atoms with Gasteiger partial charge in [0.25, 0.3) is 5.89 Å². The van der Waals surface area contributed by atoms with Gasteiger partial charge in [-0.15, -0.1) is 10.2 Å². The average Bonchev–Trinajstić information content (AvgIpc) is 3.46. The molecule has 4 rings (SSSR count). The van der Waals surface area contributed by atoms with Crippen LogP contribution in [0.2, 0.25) is 0 Å². The Labute approximate surface area is 184 Å². The van der Waals surface area contributed by atoms with Gasteiger partial charge in [0.05, 0.1) is 25.3 Å². The van der Waals surface area contributed by atoms with E-state index in [4.69, 9.17) is 9.15 Å². The first-order chi connectivity index (χ1) is 15.3. The smallest absolute Gasteiger partial charge is 0.312 e. The lowest BCUT2D eigenvalue weighted by Gasteiger charge is -2.32. The van der Waals surface area contributed by atoms with E-state index in [9.17, 15) is 9.18 Å². The predicted octanol–water partition coefficient (Wildman–Crippen LogP) is 2.99. The summed E-state index contributed by atoms with van der Waals surface area (Å²) in [7, 11) is 1.59. The van der Waals surface area contributed by atoms with Crippen LogP contribution < -0.4 is 0 Å². The van der Waals surface area contributed by atoms with Crippen LogP contribution in [0.25, 0.3) is 0 Å². The lowest BCUT2D eigenvalue weighted by Crippen LogP contribution is -2.41. The Morgan fingerprint density at radius 3 is 2.94 bits per heavy atom. The molecule has 0 aromatic carbocycles. The van der Waals surface area contributed by atoms with E-state index in [-0.39, 0.29) is 11.8 Å². The van der Waals surface area contributed by atoms with Crippen LogP contribution in [0.4, 0.5) is 4.39 Å². The number of ether oxygens (including phenoxy) is 1. The van der Waals surface area contributed by atoms with Gasteiger partial charge in [-0.25, -0.2) is 14.4 Å². The summed E-state index contributed by atoms with van der Waals surface area (Å²) in [6.07, 6.45) is 11.1. The van der Waals surface area contributed by atoms with Crippen LogP contribution in [-0.4, -0.2) is 55.9 Å². The maximum absolute atomic E-state index is 14.1. The summed E-state index contributed by atoms with van der Waals surface area (Å²) < 4.78 is 24.9. The number of hydrazone groups is 1. The highest BCUT2D eigenvalue weighted by molar-refractivity contribution is 5.92. The molecule has 0 saturated carbocycles.